The normalized spacial score (nSPS) is 28.5. The fourth-order valence-electron chi connectivity index (χ4n) is 2.91. The zero-order chi connectivity index (χ0) is 15.9. The van der Waals surface area contributed by atoms with E-state index in [1.54, 1.807) is 24.3 Å². The summed E-state index contributed by atoms with van der Waals surface area (Å²) in [5.41, 5.74) is 0.0817. The molecule has 0 aromatic heterocycles. The van der Waals surface area contributed by atoms with Gasteiger partial charge in [-0.15, -0.1) is 0 Å². The van der Waals surface area contributed by atoms with Crippen molar-refractivity contribution >= 4 is 23.5 Å². The first-order chi connectivity index (χ1) is 10.5. The smallest absolute Gasteiger partial charge is 0.337 e. The molecule has 22 heavy (non-hydrogen) atoms. The van der Waals surface area contributed by atoms with E-state index in [-0.39, 0.29) is 11.3 Å². The quantitative estimate of drug-likeness (QED) is 0.715. The van der Waals surface area contributed by atoms with Crippen LogP contribution in [0.25, 0.3) is 0 Å². The first-order valence-corrected chi connectivity index (χ1v) is 6.69. The second kappa shape index (κ2) is 5.27. The van der Waals surface area contributed by atoms with Crippen molar-refractivity contribution in [1.82, 2.24) is 0 Å². The minimum Gasteiger partial charge on any atom is -0.481 e. The van der Waals surface area contributed by atoms with E-state index >= 15 is 0 Å². The van der Waals surface area contributed by atoms with Crippen LogP contribution >= 0.6 is 0 Å². The lowest BCUT2D eigenvalue weighted by molar-refractivity contribution is -0.145. The second-order valence-electron chi connectivity index (χ2n) is 5.18. The maximum absolute atomic E-state index is 12.4. The predicted molar refractivity (Wildman–Crippen MR) is 74.4 cm³/mol. The molecule has 1 fully saturated rings. The van der Waals surface area contributed by atoms with Crippen molar-refractivity contribution in [1.29, 1.82) is 0 Å². The number of rotatable bonds is 4. The number of nitrogens with one attached hydrogen (secondary N) is 1. The van der Waals surface area contributed by atoms with E-state index in [1.807, 2.05) is 0 Å². The fourth-order valence-corrected chi connectivity index (χ4v) is 2.91. The van der Waals surface area contributed by atoms with Gasteiger partial charge < -0.3 is 20.3 Å². The molecule has 3 N–H and O–H groups in total. The van der Waals surface area contributed by atoms with E-state index in [9.17, 15) is 19.5 Å². The van der Waals surface area contributed by atoms with Crippen LogP contribution < -0.4 is 5.32 Å². The van der Waals surface area contributed by atoms with Crippen LogP contribution in [-0.4, -0.2) is 40.3 Å². The van der Waals surface area contributed by atoms with Crippen molar-refractivity contribution in [2.24, 2.45) is 11.8 Å². The molecule has 3 rings (SSSR count). The number of carboxylic acids is 2. The van der Waals surface area contributed by atoms with E-state index in [4.69, 9.17) is 9.84 Å². The first-order valence-electron chi connectivity index (χ1n) is 6.69. The maximum atomic E-state index is 12.4. The Labute approximate surface area is 125 Å². The number of para-hydroxylation sites is 1. The van der Waals surface area contributed by atoms with Crippen LogP contribution in [0.2, 0.25) is 0 Å². The van der Waals surface area contributed by atoms with Crippen molar-refractivity contribution in [2.45, 2.75) is 12.2 Å². The van der Waals surface area contributed by atoms with Gasteiger partial charge in [0.05, 0.1) is 29.4 Å². The highest BCUT2D eigenvalue weighted by molar-refractivity contribution is 6.02. The molecular formula is C15H13NO6. The van der Waals surface area contributed by atoms with Gasteiger partial charge in [0, 0.05) is 0 Å². The lowest BCUT2D eigenvalue weighted by atomic mass is 9.82. The summed E-state index contributed by atoms with van der Waals surface area (Å²) in [7, 11) is 0. The van der Waals surface area contributed by atoms with Gasteiger partial charge in [-0.3, -0.25) is 9.59 Å². The monoisotopic (exact) mass is 303 g/mol. The molecule has 7 heteroatoms. The Morgan fingerprint density at radius 2 is 1.64 bits per heavy atom. The minimum absolute atomic E-state index is 0.0534. The molecular weight excluding hydrogens is 290 g/mol. The summed E-state index contributed by atoms with van der Waals surface area (Å²) in [5.74, 6) is -4.68. The molecule has 0 aliphatic carbocycles. The van der Waals surface area contributed by atoms with Gasteiger partial charge in [0.1, 0.15) is 5.92 Å². The third kappa shape index (κ3) is 2.25. The Morgan fingerprint density at radius 1 is 1.00 bits per heavy atom. The number of carbonyl (C=O) groups is 3. The molecule has 114 valence electrons. The summed E-state index contributed by atoms with van der Waals surface area (Å²) in [6.07, 6.45) is 2.09. The summed E-state index contributed by atoms with van der Waals surface area (Å²) in [5, 5.41) is 20.9. The number of hydrogen-bond donors (Lipinski definition) is 3. The molecule has 7 nitrogen and oxygen atoms in total. The van der Waals surface area contributed by atoms with E-state index in [2.05, 4.69) is 5.32 Å². The van der Waals surface area contributed by atoms with Gasteiger partial charge in [-0.25, -0.2) is 4.79 Å². The number of aromatic carboxylic acids is 1. The number of hydrogen-bond acceptors (Lipinski definition) is 4. The van der Waals surface area contributed by atoms with Crippen LogP contribution in [0.3, 0.4) is 0 Å². The summed E-state index contributed by atoms with van der Waals surface area (Å²) in [6, 6.07) is 5.96. The lowest BCUT2D eigenvalue weighted by Gasteiger charge is -2.21. The fraction of sp³-hybridized carbons (Fsp3) is 0.267. The van der Waals surface area contributed by atoms with Crippen LogP contribution in [-0.2, 0) is 14.3 Å². The van der Waals surface area contributed by atoms with E-state index < -0.39 is 41.9 Å². The average Bonchev–Trinajstić information content (AvgIpc) is 3.08. The molecule has 1 amide bonds. The van der Waals surface area contributed by atoms with Gasteiger partial charge in [-0.05, 0) is 12.1 Å². The number of ether oxygens (including phenoxy) is 1. The van der Waals surface area contributed by atoms with Gasteiger partial charge in [0.25, 0.3) is 0 Å². The van der Waals surface area contributed by atoms with Gasteiger partial charge in [-0.1, -0.05) is 24.3 Å². The van der Waals surface area contributed by atoms with E-state index in [0.717, 1.165) is 0 Å². The first kappa shape index (κ1) is 14.3. The summed E-state index contributed by atoms with van der Waals surface area (Å²) < 4.78 is 5.43. The lowest BCUT2D eigenvalue weighted by Crippen LogP contribution is -2.39. The van der Waals surface area contributed by atoms with Crippen LogP contribution in [0.4, 0.5) is 5.69 Å². The van der Waals surface area contributed by atoms with Gasteiger partial charge in [-0.2, -0.15) is 0 Å². The zero-order valence-electron chi connectivity index (χ0n) is 11.3. The Bertz CT molecular complexity index is 682. The standard InChI is InChI=1S/C15H13NO6/c17-13(16-8-4-2-1-3-7(8)14(18)19)11-9-5-6-10(22-9)12(11)15(20)21/h1-6,9-12H,(H,16,17)(H,18,19)(H,20,21)/t9-,10+,11+,12-/m0/s1. The highest BCUT2D eigenvalue weighted by Crippen LogP contribution is 2.40. The summed E-state index contributed by atoms with van der Waals surface area (Å²) in [6.45, 7) is 0. The Morgan fingerprint density at radius 3 is 2.27 bits per heavy atom. The SMILES string of the molecule is O=C(O)c1ccccc1NC(=O)[C@H]1[C@@H](C(=O)O)[C@H]2C=C[C@@H]1O2. The van der Waals surface area contributed by atoms with Crippen LogP contribution in [0.15, 0.2) is 36.4 Å². The second-order valence-corrected chi connectivity index (χ2v) is 5.18. The minimum atomic E-state index is -1.17. The highest BCUT2D eigenvalue weighted by atomic mass is 16.5. The molecule has 4 atom stereocenters. The van der Waals surface area contributed by atoms with E-state index in [1.165, 1.54) is 12.1 Å². The van der Waals surface area contributed by atoms with E-state index in [0.29, 0.717) is 0 Å². The molecule has 2 heterocycles. The number of amides is 1. The number of carbonyl (C=O) groups excluding carboxylic acids is 1. The number of carboxylic acid groups (broad SMARTS) is 2. The molecule has 1 aromatic carbocycles. The topological polar surface area (TPSA) is 113 Å². The Hall–Kier alpha value is -2.67. The molecule has 0 unspecified atom stereocenters. The molecule has 1 saturated heterocycles. The Balaban J connectivity index is 1.85. The van der Waals surface area contributed by atoms with Crippen LogP contribution in [0.5, 0.6) is 0 Å². The number of anilines is 1. The van der Waals surface area contributed by atoms with Crippen molar-refractivity contribution in [3.8, 4) is 0 Å². The molecule has 0 saturated carbocycles. The summed E-state index contributed by atoms with van der Waals surface area (Å²) >= 11 is 0. The Kier molecular flexibility index (Phi) is 3.42. The van der Waals surface area contributed by atoms with Gasteiger partial charge in [0.2, 0.25) is 5.91 Å². The van der Waals surface area contributed by atoms with Crippen molar-refractivity contribution in [2.75, 3.05) is 5.32 Å². The van der Waals surface area contributed by atoms with Gasteiger partial charge >= 0.3 is 11.9 Å². The van der Waals surface area contributed by atoms with Crippen molar-refractivity contribution in [3.63, 3.8) is 0 Å². The average molecular weight is 303 g/mol. The van der Waals surface area contributed by atoms with Crippen molar-refractivity contribution in [3.05, 3.63) is 42.0 Å². The summed E-state index contributed by atoms with van der Waals surface area (Å²) in [4.78, 5) is 34.9. The molecule has 1 aromatic rings. The van der Waals surface area contributed by atoms with Crippen LogP contribution in [0, 0.1) is 11.8 Å². The molecule has 2 aliphatic heterocycles. The number of fused-ring (bicyclic) bond motifs is 2. The molecule has 2 aliphatic rings. The predicted octanol–water partition coefficient (Wildman–Crippen LogP) is 0.977. The zero-order valence-corrected chi connectivity index (χ0v) is 11.3. The number of aliphatic carboxylic acids is 1. The third-order valence-corrected chi connectivity index (χ3v) is 3.90. The largest absolute Gasteiger partial charge is 0.481 e. The third-order valence-electron chi connectivity index (χ3n) is 3.90. The van der Waals surface area contributed by atoms with Gasteiger partial charge in [0.15, 0.2) is 0 Å². The highest BCUT2D eigenvalue weighted by Gasteiger charge is 2.53. The van der Waals surface area contributed by atoms with Crippen molar-refractivity contribution < 1.29 is 29.3 Å². The molecule has 2 bridgehead atoms. The molecule has 0 radical (unpaired) electrons. The number of benzene rings is 1. The van der Waals surface area contributed by atoms with Crippen LogP contribution in [0.1, 0.15) is 10.4 Å². The molecule has 0 spiro atoms. The maximum Gasteiger partial charge on any atom is 0.337 e.